The lowest BCUT2D eigenvalue weighted by molar-refractivity contribution is 0.0533. The van der Waals surface area contributed by atoms with Gasteiger partial charge in [0, 0.05) is 7.11 Å². The van der Waals surface area contributed by atoms with Gasteiger partial charge >= 0.3 is 0 Å². The molecular formula is C8H15NO2. The number of ether oxygens (including phenoxy) is 1. The lowest BCUT2D eigenvalue weighted by atomic mass is 9.83. The third-order valence-electron chi connectivity index (χ3n) is 2.56. The molecule has 64 valence electrons. The maximum atomic E-state index is 10.4. The van der Waals surface area contributed by atoms with Crippen LogP contribution in [0.5, 0.6) is 0 Å². The summed E-state index contributed by atoms with van der Waals surface area (Å²) < 4.78 is 5.19. The quantitative estimate of drug-likeness (QED) is 0.576. The van der Waals surface area contributed by atoms with Crippen LogP contribution in [0.2, 0.25) is 0 Å². The highest BCUT2D eigenvalue weighted by Crippen LogP contribution is 2.31. The van der Waals surface area contributed by atoms with E-state index in [1.54, 1.807) is 7.11 Å². The van der Waals surface area contributed by atoms with Crippen LogP contribution in [0.25, 0.3) is 0 Å². The normalized spacial score (nSPS) is 38.5. The Morgan fingerprint density at radius 2 is 2.00 bits per heavy atom. The molecule has 0 aromatic heterocycles. The summed E-state index contributed by atoms with van der Waals surface area (Å²) in [5.74, 6) is 0. The first-order valence-electron chi connectivity index (χ1n) is 4.07. The summed E-state index contributed by atoms with van der Waals surface area (Å²) in [6, 6.07) is 0. The van der Waals surface area contributed by atoms with E-state index < -0.39 is 0 Å². The monoisotopic (exact) mass is 157 g/mol. The Hall–Kier alpha value is -0.440. The van der Waals surface area contributed by atoms with Crippen molar-refractivity contribution in [1.29, 1.82) is 0 Å². The van der Waals surface area contributed by atoms with Gasteiger partial charge in [-0.1, -0.05) is 5.18 Å². The number of nitrogens with zero attached hydrogens (tertiary/aromatic N) is 1. The summed E-state index contributed by atoms with van der Waals surface area (Å²) in [5.41, 5.74) is -0.310. The van der Waals surface area contributed by atoms with Crippen molar-refractivity contribution in [2.45, 2.75) is 44.2 Å². The van der Waals surface area contributed by atoms with Crippen molar-refractivity contribution < 1.29 is 4.74 Å². The molecule has 0 saturated heterocycles. The maximum absolute atomic E-state index is 10.4. The predicted molar refractivity (Wildman–Crippen MR) is 43.5 cm³/mol. The van der Waals surface area contributed by atoms with Crippen LogP contribution in [-0.2, 0) is 4.74 Å². The summed E-state index contributed by atoms with van der Waals surface area (Å²) in [5, 5.41) is 3.14. The number of nitroso groups, excluding NO2 is 1. The largest absolute Gasteiger partial charge is 0.381 e. The summed E-state index contributed by atoms with van der Waals surface area (Å²) in [4.78, 5) is 10.4. The van der Waals surface area contributed by atoms with Gasteiger partial charge in [0.2, 0.25) is 0 Å². The van der Waals surface area contributed by atoms with Gasteiger partial charge in [-0.3, -0.25) is 0 Å². The molecule has 0 amide bonds. The van der Waals surface area contributed by atoms with Gasteiger partial charge in [0.05, 0.1) is 6.10 Å². The van der Waals surface area contributed by atoms with E-state index in [2.05, 4.69) is 5.18 Å². The second kappa shape index (κ2) is 3.30. The molecule has 0 spiro atoms. The predicted octanol–water partition coefficient (Wildman–Crippen LogP) is 2.10. The molecule has 1 rings (SSSR count). The molecule has 0 aromatic rings. The molecule has 0 bridgehead atoms. The van der Waals surface area contributed by atoms with E-state index in [1.807, 2.05) is 6.92 Å². The van der Waals surface area contributed by atoms with Crippen LogP contribution >= 0.6 is 0 Å². The zero-order valence-corrected chi connectivity index (χ0v) is 7.17. The first kappa shape index (κ1) is 8.65. The van der Waals surface area contributed by atoms with E-state index in [4.69, 9.17) is 4.74 Å². The molecule has 0 unspecified atom stereocenters. The Labute approximate surface area is 67.1 Å². The average molecular weight is 157 g/mol. The van der Waals surface area contributed by atoms with Crippen molar-refractivity contribution >= 4 is 0 Å². The third-order valence-corrected chi connectivity index (χ3v) is 2.56. The van der Waals surface area contributed by atoms with Gasteiger partial charge in [0.1, 0.15) is 5.54 Å². The van der Waals surface area contributed by atoms with Crippen molar-refractivity contribution in [3.8, 4) is 0 Å². The fraction of sp³-hybridized carbons (Fsp3) is 1.00. The van der Waals surface area contributed by atoms with Crippen LogP contribution < -0.4 is 0 Å². The van der Waals surface area contributed by atoms with Crippen LogP contribution in [0, 0.1) is 4.91 Å². The second-order valence-electron chi connectivity index (χ2n) is 3.52. The van der Waals surface area contributed by atoms with Crippen LogP contribution in [0.15, 0.2) is 5.18 Å². The van der Waals surface area contributed by atoms with Crippen molar-refractivity contribution in [2.75, 3.05) is 7.11 Å². The Morgan fingerprint density at radius 1 is 1.45 bits per heavy atom. The van der Waals surface area contributed by atoms with E-state index in [1.165, 1.54) is 0 Å². The summed E-state index contributed by atoms with van der Waals surface area (Å²) in [6.07, 6.45) is 4.03. The number of methoxy groups -OCH3 is 1. The molecular weight excluding hydrogens is 142 g/mol. The lowest BCUT2D eigenvalue weighted by Crippen LogP contribution is -2.31. The van der Waals surface area contributed by atoms with Crippen molar-refractivity contribution in [1.82, 2.24) is 0 Å². The number of rotatable bonds is 2. The van der Waals surface area contributed by atoms with Crippen LogP contribution in [-0.4, -0.2) is 18.8 Å². The molecule has 0 radical (unpaired) electrons. The van der Waals surface area contributed by atoms with E-state index in [9.17, 15) is 4.91 Å². The number of hydrogen-bond acceptors (Lipinski definition) is 3. The molecule has 1 fully saturated rings. The highest BCUT2D eigenvalue weighted by molar-refractivity contribution is 4.88. The molecule has 0 heterocycles. The molecule has 0 atom stereocenters. The van der Waals surface area contributed by atoms with Crippen molar-refractivity contribution in [2.24, 2.45) is 5.18 Å². The van der Waals surface area contributed by atoms with Crippen molar-refractivity contribution in [3.63, 3.8) is 0 Å². The fourth-order valence-electron chi connectivity index (χ4n) is 1.54. The van der Waals surface area contributed by atoms with E-state index >= 15 is 0 Å². The SMILES string of the molecule is CO[C@H]1CC[C@](C)(N=O)CC1. The molecule has 1 aliphatic carbocycles. The van der Waals surface area contributed by atoms with Crippen LogP contribution in [0.1, 0.15) is 32.6 Å². The maximum Gasteiger partial charge on any atom is 0.100 e. The Bertz CT molecular complexity index is 139. The van der Waals surface area contributed by atoms with Gasteiger partial charge in [-0.05, 0) is 32.6 Å². The highest BCUT2D eigenvalue weighted by Gasteiger charge is 2.31. The highest BCUT2D eigenvalue weighted by atomic mass is 16.5. The minimum atomic E-state index is -0.310. The lowest BCUT2D eigenvalue weighted by Gasteiger charge is -2.30. The van der Waals surface area contributed by atoms with Gasteiger partial charge in [-0.15, -0.1) is 0 Å². The summed E-state index contributed by atoms with van der Waals surface area (Å²) in [7, 11) is 1.72. The molecule has 11 heavy (non-hydrogen) atoms. The minimum absolute atomic E-state index is 0.310. The van der Waals surface area contributed by atoms with Gasteiger partial charge < -0.3 is 4.74 Å². The van der Waals surface area contributed by atoms with Crippen LogP contribution in [0.3, 0.4) is 0 Å². The molecule has 1 aliphatic rings. The average Bonchev–Trinajstić information content (AvgIpc) is 2.06. The summed E-state index contributed by atoms with van der Waals surface area (Å²) in [6.45, 7) is 1.92. The van der Waals surface area contributed by atoms with E-state index in [0.29, 0.717) is 6.10 Å². The van der Waals surface area contributed by atoms with Gasteiger partial charge in [-0.25, -0.2) is 0 Å². The first-order valence-corrected chi connectivity index (χ1v) is 4.07. The third kappa shape index (κ3) is 1.99. The molecule has 0 N–H and O–H groups in total. The standard InChI is InChI=1S/C8H15NO2/c1-8(9-10)5-3-7(11-2)4-6-8/h7H,3-6H2,1-2H3/t7-,8-. The Balaban J connectivity index is 2.41. The van der Waals surface area contributed by atoms with E-state index in [-0.39, 0.29) is 5.54 Å². The zero-order chi connectivity index (χ0) is 8.32. The minimum Gasteiger partial charge on any atom is -0.381 e. The Morgan fingerprint density at radius 3 is 2.36 bits per heavy atom. The smallest absolute Gasteiger partial charge is 0.100 e. The van der Waals surface area contributed by atoms with Gasteiger partial charge in [-0.2, -0.15) is 4.91 Å². The fourth-order valence-corrected chi connectivity index (χ4v) is 1.54. The van der Waals surface area contributed by atoms with Gasteiger partial charge in [0.25, 0.3) is 0 Å². The molecule has 1 saturated carbocycles. The molecule has 3 nitrogen and oxygen atoms in total. The van der Waals surface area contributed by atoms with E-state index in [0.717, 1.165) is 25.7 Å². The van der Waals surface area contributed by atoms with Crippen molar-refractivity contribution in [3.05, 3.63) is 4.91 Å². The Kier molecular flexibility index (Phi) is 2.60. The second-order valence-corrected chi connectivity index (χ2v) is 3.52. The zero-order valence-electron chi connectivity index (χ0n) is 7.17. The van der Waals surface area contributed by atoms with Crippen LogP contribution in [0.4, 0.5) is 0 Å². The molecule has 0 aromatic carbocycles. The topological polar surface area (TPSA) is 38.7 Å². The summed E-state index contributed by atoms with van der Waals surface area (Å²) >= 11 is 0. The first-order chi connectivity index (χ1) is 5.20. The van der Waals surface area contributed by atoms with Gasteiger partial charge in [0.15, 0.2) is 0 Å². The number of hydrogen-bond donors (Lipinski definition) is 0. The molecule has 3 heteroatoms. The molecule has 0 aliphatic heterocycles.